The molecule has 2 amide bonds. The molecule has 3 rings (SSSR count). The third-order valence-corrected chi connectivity index (χ3v) is 3.64. The lowest BCUT2D eigenvalue weighted by molar-refractivity contribution is -0.124. The van der Waals surface area contributed by atoms with Crippen LogP contribution < -0.4 is 10.2 Å². The zero-order valence-electron chi connectivity index (χ0n) is 12.3. The van der Waals surface area contributed by atoms with Gasteiger partial charge in [0.25, 0.3) is 0 Å². The lowest BCUT2D eigenvalue weighted by Gasteiger charge is -2.17. The van der Waals surface area contributed by atoms with Crippen LogP contribution in [0.4, 0.5) is 5.69 Å². The molecule has 0 atom stereocenters. The van der Waals surface area contributed by atoms with E-state index in [-0.39, 0.29) is 24.8 Å². The van der Waals surface area contributed by atoms with Crippen molar-refractivity contribution in [2.75, 3.05) is 18.0 Å². The summed E-state index contributed by atoms with van der Waals surface area (Å²) in [6.07, 6.45) is 0.968. The maximum absolute atomic E-state index is 12.2. The van der Waals surface area contributed by atoms with Crippen LogP contribution in [0.25, 0.3) is 0 Å². The van der Waals surface area contributed by atoms with Gasteiger partial charge in [0.05, 0.1) is 18.7 Å². The van der Waals surface area contributed by atoms with E-state index >= 15 is 0 Å². The summed E-state index contributed by atoms with van der Waals surface area (Å²) < 4.78 is 4.91. The van der Waals surface area contributed by atoms with Crippen LogP contribution in [-0.2, 0) is 22.4 Å². The molecule has 1 aromatic carbocycles. The molecule has 2 heterocycles. The highest BCUT2D eigenvalue weighted by Crippen LogP contribution is 2.27. The molecule has 6 heteroatoms. The van der Waals surface area contributed by atoms with Crippen LogP contribution >= 0.6 is 0 Å². The second-order valence-corrected chi connectivity index (χ2v) is 5.31. The van der Waals surface area contributed by atoms with Crippen molar-refractivity contribution < 1.29 is 14.1 Å². The maximum Gasteiger partial charge on any atom is 0.246 e. The van der Waals surface area contributed by atoms with Gasteiger partial charge in [0.15, 0.2) is 0 Å². The van der Waals surface area contributed by atoms with Crippen molar-refractivity contribution in [2.45, 2.75) is 19.8 Å². The Hall–Kier alpha value is -2.63. The van der Waals surface area contributed by atoms with Gasteiger partial charge in [-0.2, -0.15) is 0 Å². The van der Waals surface area contributed by atoms with Gasteiger partial charge in [0.1, 0.15) is 5.76 Å². The largest absolute Gasteiger partial charge is 0.361 e. The molecule has 1 aromatic heterocycles. The summed E-state index contributed by atoms with van der Waals surface area (Å²) in [7, 11) is 0. The molecule has 22 heavy (non-hydrogen) atoms. The number of carbonyl (C=O) groups is 2. The van der Waals surface area contributed by atoms with Gasteiger partial charge in [-0.15, -0.1) is 0 Å². The molecule has 2 aromatic rings. The van der Waals surface area contributed by atoms with Gasteiger partial charge in [0.2, 0.25) is 11.8 Å². The molecule has 0 unspecified atom stereocenters. The smallest absolute Gasteiger partial charge is 0.246 e. The molecule has 1 N–H and O–H groups in total. The first-order valence-electron chi connectivity index (χ1n) is 7.20. The average molecular weight is 299 g/mol. The first kappa shape index (κ1) is 14.3. The number of aryl methyl sites for hydroxylation is 1. The van der Waals surface area contributed by atoms with Crippen LogP contribution in [0.3, 0.4) is 0 Å². The monoisotopic (exact) mass is 299 g/mol. The van der Waals surface area contributed by atoms with Gasteiger partial charge in [0, 0.05) is 18.3 Å². The Labute approximate surface area is 128 Å². The minimum atomic E-state index is -0.242. The van der Waals surface area contributed by atoms with Crippen molar-refractivity contribution in [1.29, 1.82) is 0 Å². The number of para-hydroxylation sites is 1. The summed E-state index contributed by atoms with van der Waals surface area (Å²) in [5.74, 6) is 0.316. The van der Waals surface area contributed by atoms with Crippen molar-refractivity contribution in [3.05, 3.63) is 47.3 Å². The Balaban J connectivity index is 1.54. The van der Waals surface area contributed by atoms with Crippen molar-refractivity contribution in [3.8, 4) is 0 Å². The Morgan fingerprint density at radius 1 is 1.36 bits per heavy atom. The number of hydrogen-bond acceptors (Lipinski definition) is 4. The number of benzene rings is 1. The zero-order valence-corrected chi connectivity index (χ0v) is 12.3. The molecule has 6 nitrogen and oxygen atoms in total. The van der Waals surface area contributed by atoms with Gasteiger partial charge in [-0.3, -0.25) is 9.59 Å². The van der Waals surface area contributed by atoms with E-state index in [9.17, 15) is 9.59 Å². The molecular formula is C16H17N3O3. The second kappa shape index (κ2) is 6.01. The topological polar surface area (TPSA) is 75.4 Å². The van der Waals surface area contributed by atoms with Crippen LogP contribution in [0.1, 0.15) is 17.0 Å². The summed E-state index contributed by atoms with van der Waals surface area (Å²) in [5, 5.41) is 6.39. The normalized spacial score (nSPS) is 13.0. The number of aromatic nitrogens is 1. The van der Waals surface area contributed by atoms with E-state index in [4.69, 9.17) is 4.52 Å². The number of nitrogens with one attached hydrogen (secondary N) is 1. The first-order chi connectivity index (χ1) is 10.6. The van der Waals surface area contributed by atoms with Crippen LogP contribution in [0, 0.1) is 6.92 Å². The fourth-order valence-corrected chi connectivity index (χ4v) is 2.60. The third kappa shape index (κ3) is 3.00. The van der Waals surface area contributed by atoms with Crippen LogP contribution in [0.5, 0.6) is 0 Å². The summed E-state index contributed by atoms with van der Waals surface area (Å²) in [6.45, 7) is 2.42. The van der Waals surface area contributed by atoms with E-state index in [2.05, 4.69) is 10.5 Å². The van der Waals surface area contributed by atoms with Gasteiger partial charge < -0.3 is 14.7 Å². The molecule has 0 bridgehead atoms. The van der Waals surface area contributed by atoms with E-state index in [1.54, 1.807) is 17.9 Å². The zero-order chi connectivity index (χ0) is 15.5. The van der Waals surface area contributed by atoms with E-state index in [1.807, 2.05) is 24.3 Å². The minimum absolute atomic E-state index is 0.00992. The third-order valence-electron chi connectivity index (χ3n) is 3.64. The molecule has 0 aliphatic carbocycles. The summed E-state index contributed by atoms with van der Waals surface area (Å²) in [4.78, 5) is 25.8. The molecule has 0 radical (unpaired) electrons. The predicted molar refractivity (Wildman–Crippen MR) is 80.5 cm³/mol. The molecule has 114 valence electrons. The second-order valence-electron chi connectivity index (χ2n) is 5.31. The highest BCUT2D eigenvalue weighted by Gasteiger charge is 2.24. The summed E-state index contributed by atoms with van der Waals surface area (Å²) >= 11 is 0. The Morgan fingerprint density at radius 3 is 2.95 bits per heavy atom. The fraction of sp³-hybridized carbons (Fsp3) is 0.312. The molecule has 1 aliphatic heterocycles. The summed E-state index contributed by atoms with van der Waals surface area (Å²) in [5.41, 5.74) is 2.67. The van der Waals surface area contributed by atoms with Gasteiger partial charge in [-0.25, -0.2) is 0 Å². The van der Waals surface area contributed by atoms with Crippen molar-refractivity contribution in [2.24, 2.45) is 0 Å². The van der Waals surface area contributed by atoms with Crippen LogP contribution in [0.15, 0.2) is 34.9 Å². The Morgan fingerprint density at radius 2 is 2.18 bits per heavy atom. The van der Waals surface area contributed by atoms with E-state index in [0.717, 1.165) is 12.1 Å². The Kier molecular flexibility index (Phi) is 3.91. The number of nitrogens with zero attached hydrogens (tertiary/aromatic N) is 2. The van der Waals surface area contributed by atoms with Gasteiger partial charge in [-0.05, 0) is 25.0 Å². The SMILES string of the molecule is Cc1cc(CC(=O)NCC(=O)N2CCc3ccccc32)no1. The van der Waals surface area contributed by atoms with Crippen molar-refractivity contribution >= 4 is 17.5 Å². The van der Waals surface area contributed by atoms with Crippen LogP contribution in [-0.4, -0.2) is 30.1 Å². The summed E-state index contributed by atoms with van der Waals surface area (Å²) in [6, 6.07) is 9.54. The highest BCUT2D eigenvalue weighted by atomic mass is 16.5. The highest BCUT2D eigenvalue weighted by molar-refractivity contribution is 5.98. The first-order valence-corrected chi connectivity index (χ1v) is 7.20. The lowest BCUT2D eigenvalue weighted by atomic mass is 10.2. The van der Waals surface area contributed by atoms with E-state index < -0.39 is 0 Å². The molecule has 0 spiro atoms. The molecule has 0 saturated heterocycles. The molecular weight excluding hydrogens is 282 g/mol. The molecule has 0 fully saturated rings. The number of fused-ring (bicyclic) bond motifs is 1. The van der Waals surface area contributed by atoms with E-state index in [1.165, 1.54) is 5.56 Å². The quantitative estimate of drug-likeness (QED) is 0.921. The number of carbonyl (C=O) groups excluding carboxylic acids is 2. The number of rotatable bonds is 4. The minimum Gasteiger partial charge on any atom is -0.361 e. The predicted octanol–water partition coefficient (Wildman–Crippen LogP) is 1.23. The molecule has 0 saturated carbocycles. The van der Waals surface area contributed by atoms with E-state index in [0.29, 0.717) is 18.0 Å². The van der Waals surface area contributed by atoms with Crippen molar-refractivity contribution in [1.82, 2.24) is 10.5 Å². The average Bonchev–Trinajstić information content (AvgIpc) is 3.11. The number of hydrogen-bond donors (Lipinski definition) is 1. The van der Waals surface area contributed by atoms with Gasteiger partial charge in [-0.1, -0.05) is 23.4 Å². The number of amides is 2. The maximum atomic E-state index is 12.2. The van der Waals surface area contributed by atoms with Crippen molar-refractivity contribution in [3.63, 3.8) is 0 Å². The standard InChI is InChI=1S/C16H17N3O3/c1-11-8-13(18-22-11)9-15(20)17-10-16(21)19-7-6-12-4-2-3-5-14(12)19/h2-5,8H,6-7,9-10H2,1H3,(H,17,20). The molecule has 1 aliphatic rings. The van der Waals surface area contributed by atoms with Crippen LogP contribution in [0.2, 0.25) is 0 Å². The van der Waals surface area contributed by atoms with Gasteiger partial charge >= 0.3 is 0 Å². The Bertz CT molecular complexity index is 708. The number of anilines is 1. The fourth-order valence-electron chi connectivity index (χ4n) is 2.60. The lowest BCUT2D eigenvalue weighted by Crippen LogP contribution is -2.39.